The van der Waals surface area contributed by atoms with Gasteiger partial charge in [-0.3, -0.25) is 0 Å². The van der Waals surface area contributed by atoms with E-state index in [1.54, 1.807) is 0 Å². The van der Waals surface area contributed by atoms with E-state index in [0.717, 1.165) is 18.2 Å². The Morgan fingerprint density at radius 3 is 2.42 bits per heavy atom. The zero-order chi connectivity index (χ0) is 14.1. The van der Waals surface area contributed by atoms with Crippen molar-refractivity contribution in [1.82, 2.24) is 5.32 Å². The predicted molar refractivity (Wildman–Crippen MR) is 91.0 cm³/mol. The van der Waals surface area contributed by atoms with Crippen LogP contribution >= 0.6 is 27.7 Å². The number of thioether (sulfide) groups is 1. The van der Waals surface area contributed by atoms with Gasteiger partial charge in [-0.1, -0.05) is 45.7 Å². The maximum absolute atomic E-state index is 3.72. The van der Waals surface area contributed by atoms with Crippen molar-refractivity contribution in [3.8, 4) is 0 Å². The summed E-state index contributed by atoms with van der Waals surface area (Å²) in [7, 11) is 0. The largest absolute Gasteiger partial charge is 0.313 e. The summed E-state index contributed by atoms with van der Waals surface area (Å²) in [4.78, 5) is 1.34. The van der Waals surface area contributed by atoms with Gasteiger partial charge < -0.3 is 5.32 Å². The van der Waals surface area contributed by atoms with Gasteiger partial charge in [0.15, 0.2) is 0 Å². The maximum Gasteiger partial charge on any atom is 0.0311 e. The molecular formula is C16H26BrNS. The van der Waals surface area contributed by atoms with Crippen molar-refractivity contribution in [2.75, 3.05) is 12.3 Å². The molecule has 1 N–H and O–H groups in total. The Balaban J connectivity index is 2.59. The molecule has 1 aromatic carbocycles. The third kappa shape index (κ3) is 5.88. The number of hydrogen-bond donors (Lipinski definition) is 1. The molecule has 0 aliphatic carbocycles. The van der Waals surface area contributed by atoms with Crippen molar-refractivity contribution in [2.45, 2.75) is 51.0 Å². The lowest BCUT2D eigenvalue weighted by Gasteiger charge is -2.26. The second kappa shape index (κ2) is 9.84. The van der Waals surface area contributed by atoms with Gasteiger partial charge in [-0.05, 0) is 46.9 Å². The highest BCUT2D eigenvalue weighted by Crippen LogP contribution is 2.29. The topological polar surface area (TPSA) is 12.0 Å². The lowest BCUT2D eigenvalue weighted by Crippen LogP contribution is -2.38. The fourth-order valence-corrected chi connectivity index (χ4v) is 4.05. The van der Waals surface area contributed by atoms with Gasteiger partial charge in [0.25, 0.3) is 0 Å². The molecule has 0 saturated carbocycles. The maximum atomic E-state index is 3.72. The molecule has 1 nitrogen and oxygen atoms in total. The van der Waals surface area contributed by atoms with Crippen LogP contribution in [0.2, 0.25) is 0 Å². The molecule has 19 heavy (non-hydrogen) atoms. The molecule has 3 heteroatoms. The minimum Gasteiger partial charge on any atom is -0.313 e. The number of rotatable bonds is 9. The number of benzene rings is 1. The Hall–Kier alpha value is 0.01000. The van der Waals surface area contributed by atoms with Gasteiger partial charge >= 0.3 is 0 Å². The highest BCUT2D eigenvalue weighted by atomic mass is 79.9. The first-order valence-electron chi connectivity index (χ1n) is 7.33. The smallest absolute Gasteiger partial charge is 0.0311 e. The minimum atomic E-state index is 0.618. The fourth-order valence-electron chi connectivity index (χ4n) is 2.29. The molecule has 0 bridgehead atoms. The summed E-state index contributed by atoms with van der Waals surface area (Å²) < 4.78 is 1.21. The third-order valence-electron chi connectivity index (χ3n) is 3.53. The van der Waals surface area contributed by atoms with E-state index in [-0.39, 0.29) is 0 Å². The van der Waals surface area contributed by atoms with Crippen LogP contribution in [0.5, 0.6) is 0 Å². The van der Waals surface area contributed by atoms with Crippen LogP contribution in [0.3, 0.4) is 0 Å². The second-order valence-corrected chi connectivity index (χ2v) is 6.79. The standard InChI is InChI=1S/C16H26BrNS/c1-4-11-18-15(13(5-2)6-3)12-19-16-10-8-7-9-14(16)17/h7-10,13,15,18H,4-6,11-12H2,1-3H3. The molecule has 1 rings (SSSR count). The van der Waals surface area contributed by atoms with E-state index in [4.69, 9.17) is 0 Å². The molecule has 1 aromatic rings. The molecule has 0 heterocycles. The van der Waals surface area contributed by atoms with E-state index in [1.165, 1.54) is 28.6 Å². The molecule has 0 saturated heterocycles. The van der Waals surface area contributed by atoms with E-state index in [1.807, 2.05) is 11.8 Å². The van der Waals surface area contributed by atoms with Crippen LogP contribution < -0.4 is 5.32 Å². The summed E-state index contributed by atoms with van der Waals surface area (Å²) in [5.74, 6) is 1.93. The molecule has 108 valence electrons. The van der Waals surface area contributed by atoms with Crippen LogP contribution in [-0.4, -0.2) is 18.3 Å². The lowest BCUT2D eigenvalue weighted by molar-refractivity contribution is 0.360. The molecule has 0 aromatic heterocycles. The van der Waals surface area contributed by atoms with E-state index >= 15 is 0 Å². The highest BCUT2D eigenvalue weighted by Gasteiger charge is 2.18. The number of hydrogen-bond acceptors (Lipinski definition) is 2. The molecule has 0 aliphatic rings. The van der Waals surface area contributed by atoms with Crippen LogP contribution in [0.4, 0.5) is 0 Å². The Morgan fingerprint density at radius 2 is 1.84 bits per heavy atom. The fraction of sp³-hybridized carbons (Fsp3) is 0.625. The monoisotopic (exact) mass is 343 g/mol. The van der Waals surface area contributed by atoms with Crippen molar-refractivity contribution in [1.29, 1.82) is 0 Å². The first-order valence-corrected chi connectivity index (χ1v) is 9.11. The molecule has 1 unspecified atom stereocenters. The second-order valence-electron chi connectivity index (χ2n) is 4.88. The van der Waals surface area contributed by atoms with Gasteiger partial charge in [-0.15, -0.1) is 11.8 Å². The Kier molecular flexibility index (Phi) is 8.84. The van der Waals surface area contributed by atoms with Crippen LogP contribution in [-0.2, 0) is 0 Å². The molecule has 0 amide bonds. The summed E-state index contributed by atoms with van der Waals surface area (Å²) in [6.45, 7) is 7.96. The summed E-state index contributed by atoms with van der Waals surface area (Å²) in [6.07, 6.45) is 3.72. The zero-order valence-electron chi connectivity index (χ0n) is 12.3. The number of halogens is 1. The van der Waals surface area contributed by atoms with Gasteiger partial charge in [0.1, 0.15) is 0 Å². The number of nitrogens with one attached hydrogen (secondary N) is 1. The Labute approximate surface area is 131 Å². The Morgan fingerprint density at radius 1 is 1.16 bits per heavy atom. The van der Waals surface area contributed by atoms with Gasteiger partial charge in [-0.2, -0.15) is 0 Å². The molecule has 1 atom stereocenters. The van der Waals surface area contributed by atoms with Gasteiger partial charge in [0.05, 0.1) is 0 Å². The van der Waals surface area contributed by atoms with Crippen molar-refractivity contribution >= 4 is 27.7 Å². The quantitative estimate of drug-likeness (QED) is 0.607. The summed E-state index contributed by atoms with van der Waals surface area (Å²) in [6, 6.07) is 9.11. The highest BCUT2D eigenvalue weighted by molar-refractivity contribution is 9.10. The van der Waals surface area contributed by atoms with Crippen molar-refractivity contribution < 1.29 is 0 Å². The molecular weight excluding hydrogens is 318 g/mol. The van der Waals surface area contributed by atoms with Gasteiger partial charge in [-0.25, -0.2) is 0 Å². The average Bonchev–Trinajstić information content (AvgIpc) is 2.43. The normalized spacial score (nSPS) is 12.9. The van der Waals surface area contributed by atoms with E-state index in [2.05, 4.69) is 66.3 Å². The first kappa shape index (κ1) is 17.1. The lowest BCUT2D eigenvalue weighted by atomic mass is 9.95. The van der Waals surface area contributed by atoms with Crippen molar-refractivity contribution in [3.05, 3.63) is 28.7 Å². The summed E-state index contributed by atoms with van der Waals surface area (Å²) in [5, 5.41) is 3.72. The van der Waals surface area contributed by atoms with Crippen LogP contribution in [0.15, 0.2) is 33.6 Å². The van der Waals surface area contributed by atoms with Crippen LogP contribution in [0.25, 0.3) is 0 Å². The first-order chi connectivity index (χ1) is 9.22. The zero-order valence-corrected chi connectivity index (χ0v) is 14.7. The molecule has 0 radical (unpaired) electrons. The predicted octanol–water partition coefficient (Wildman–Crippen LogP) is 5.35. The van der Waals surface area contributed by atoms with Crippen molar-refractivity contribution in [3.63, 3.8) is 0 Å². The molecule has 0 fully saturated rings. The molecule has 0 aliphatic heterocycles. The average molecular weight is 344 g/mol. The van der Waals surface area contributed by atoms with Crippen LogP contribution in [0, 0.1) is 5.92 Å². The SMILES string of the molecule is CCCNC(CSc1ccccc1Br)C(CC)CC. The van der Waals surface area contributed by atoms with E-state index < -0.39 is 0 Å². The minimum absolute atomic E-state index is 0.618. The summed E-state index contributed by atoms with van der Waals surface area (Å²) in [5.41, 5.74) is 0. The molecule has 0 spiro atoms. The van der Waals surface area contributed by atoms with Gasteiger partial charge in [0.2, 0.25) is 0 Å². The van der Waals surface area contributed by atoms with Gasteiger partial charge in [0, 0.05) is 21.2 Å². The summed E-state index contributed by atoms with van der Waals surface area (Å²) >= 11 is 5.58. The van der Waals surface area contributed by atoms with E-state index in [9.17, 15) is 0 Å². The Bertz CT molecular complexity index is 352. The third-order valence-corrected chi connectivity index (χ3v) is 5.68. The van der Waals surface area contributed by atoms with Crippen molar-refractivity contribution in [2.24, 2.45) is 5.92 Å². The van der Waals surface area contributed by atoms with Crippen LogP contribution in [0.1, 0.15) is 40.0 Å². The van der Waals surface area contributed by atoms with E-state index in [0.29, 0.717) is 6.04 Å².